The van der Waals surface area contributed by atoms with E-state index in [0.29, 0.717) is 35.3 Å². The summed E-state index contributed by atoms with van der Waals surface area (Å²) >= 11 is 3.45. The largest absolute Gasteiger partial charge is 0.461 e. The second-order valence-corrected chi connectivity index (χ2v) is 12.0. The van der Waals surface area contributed by atoms with Gasteiger partial charge in [-0.1, -0.05) is 0 Å². The van der Waals surface area contributed by atoms with Crippen LogP contribution in [-0.4, -0.2) is 83.1 Å². The summed E-state index contributed by atoms with van der Waals surface area (Å²) in [5.74, 6) is 2.94. The van der Waals surface area contributed by atoms with Gasteiger partial charge in [-0.25, -0.2) is 9.97 Å². The molecule has 2 N–H and O–H groups in total. The van der Waals surface area contributed by atoms with Gasteiger partial charge in [0.2, 0.25) is 17.7 Å². The van der Waals surface area contributed by atoms with E-state index in [-0.39, 0.29) is 5.95 Å². The Hall–Kier alpha value is -3.46. The summed E-state index contributed by atoms with van der Waals surface area (Å²) in [6, 6.07) is 4.08. The second kappa shape index (κ2) is 10.6. The van der Waals surface area contributed by atoms with Crippen LogP contribution in [0.25, 0.3) is 17.4 Å². The number of nitrogens with two attached hydrogens (primary N) is 1. The van der Waals surface area contributed by atoms with Crippen molar-refractivity contribution in [1.82, 2.24) is 44.3 Å². The fourth-order valence-electron chi connectivity index (χ4n) is 5.63. The van der Waals surface area contributed by atoms with E-state index in [1.54, 1.807) is 35.0 Å². The Morgan fingerprint density at radius 1 is 1.00 bits per heavy atom. The molecule has 2 saturated heterocycles. The zero-order valence-corrected chi connectivity index (χ0v) is 23.0. The number of rotatable bonds is 8. The summed E-state index contributed by atoms with van der Waals surface area (Å²) in [5, 5.41) is 10.8. The molecule has 2 atom stereocenters. The lowest BCUT2D eigenvalue weighted by atomic mass is 9.90. The highest BCUT2D eigenvalue weighted by atomic mass is 32.1. The van der Waals surface area contributed by atoms with Gasteiger partial charge in [0.25, 0.3) is 5.78 Å². The summed E-state index contributed by atoms with van der Waals surface area (Å²) in [4.78, 5) is 30.2. The number of piperazine rings is 1. The molecule has 0 aromatic carbocycles. The monoisotopic (exact) mass is 563 g/mol. The SMILES string of the molecule is Nc1nc(N2CCN3CC(CN(Cc4nccs4)Cc4nccs4)CCC3C2)nc2nc(-c3ccco3)nn12. The van der Waals surface area contributed by atoms with Crippen molar-refractivity contribution < 1.29 is 4.42 Å². The predicted molar refractivity (Wildman–Crippen MR) is 149 cm³/mol. The number of thiazole rings is 2. The highest BCUT2D eigenvalue weighted by Gasteiger charge is 2.34. The smallest absolute Gasteiger partial charge is 0.259 e. The van der Waals surface area contributed by atoms with Crippen LogP contribution in [0.1, 0.15) is 22.9 Å². The quantitative estimate of drug-likeness (QED) is 0.299. The van der Waals surface area contributed by atoms with E-state index in [1.165, 1.54) is 10.9 Å². The van der Waals surface area contributed by atoms with Gasteiger partial charge >= 0.3 is 0 Å². The normalized spacial score (nSPS) is 20.2. The van der Waals surface area contributed by atoms with E-state index in [1.807, 2.05) is 18.5 Å². The minimum absolute atomic E-state index is 0.270. The lowest BCUT2D eigenvalue weighted by Crippen LogP contribution is -2.57. The lowest BCUT2D eigenvalue weighted by Gasteiger charge is -2.46. The molecular formula is C25H29N11OS2. The molecule has 14 heteroatoms. The van der Waals surface area contributed by atoms with Crippen LogP contribution < -0.4 is 10.6 Å². The molecule has 5 aromatic rings. The Kier molecular flexibility index (Phi) is 6.68. The molecule has 0 amide bonds. The van der Waals surface area contributed by atoms with Crippen molar-refractivity contribution in [2.75, 3.05) is 43.4 Å². The van der Waals surface area contributed by atoms with Crippen molar-refractivity contribution in [1.29, 1.82) is 0 Å². The first kappa shape index (κ1) is 24.6. The number of furan rings is 1. The van der Waals surface area contributed by atoms with Crippen LogP contribution in [0.2, 0.25) is 0 Å². The van der Waals surface area contributed by atoms with Crippen molar-refractivity contribution >= 4 is 40.3 Å². The number of fused-ring (bicyclic) bond motifs is 2. The first-order chi connectivity index (χ1) is 19.2. The molecule has 0 saturated carbocycles. The predicted octanol–water partition coefficient (Wildman–Crippen LogP) is 2.88. The fraction of sp³-hybridized carbons (Fsp3) is 0.440. The summed E-state index contributed by atoms with van der Waals surface area (Å²) in [5.41, 5.74) is 6.25. The number of piperidine rings is 1. The minimum Gasteiger partial charge on any atom is -0.461 e. The van der Waals surface area contributed by atoms with Gasteiger partial charge < -0.3 is 15.1 Å². The molecule has 202 valence electrons. The van der Waals surface area contributed by atoms with E-state index in [4.69, 9.17) is 15.1 Å². The molecule has 0 radical (unpaired) electrons. The van der Waals surface area contributed by atoms with E-state index in [2.05, 4.69) is 50.5 Å². The molecule has 2 aliphatic heterocycles. The van der Waals surface area contributed by atoms with Crippen LogP contribution in [0.15, 0.2) is 46.0 Å². The maximum Gasteiger partial charge on any atom is 0.259 e. The third kappa shape index (κ3) is 5.24. The first-order valence-electron chi connectivity index (χ1n) is 13.1. The van der Waals surface area contributed by atoms with Gasteiger partial charge in [-0.05, 0) is 30.9 Å². The van der Waals surface area contributed by atoms with Crippen LogP contribution in [0, 0.1) is 5.92 Å². The Labute approximate surface area is 233 Å². The number of nitrogens with zero attached hydrogens (tertiary/aromatic N) is 10. The number of hydrogen-bond acceptors (Lipinski definition) is 13. The summed E-state index contributed by atoms with van der Waals surface area (Å²) in [7, 11) is 0. The van der Waals surface area contributed by atoms with Gasteiger partial charge in [0.05, 0.1) is 19.4 Å². The first-order valence-corrected chi connectivity index (χ1v) is 14.9. The number of hydrogen-bond donors (Lipinski definition) is 1. The van der Waals surface area contributed by atoms with Crippen LogP contribution in [0.5, 0.6) is 0 Å². The summed E-state index contributed by atoms with van der Waals surface area (Å²) < 4.78 is 6.89. The zero-order valence-electron chi connectivity index (χ0n) is 21.3. The van der Waals surface area contributed by atoms with Crippen molar-refractivity contribution in [3.05, 3.63) is 51.6 Å². The minimum atomic E-state index is 0.270. The molecule has 0 bridgehead atoms. The Morgan fingerprint density at radius 3 is 2.54 bits per heavy atom. The second-order valence-electron chi connectivity index (χ2n) is 10.1. The van der Waals surface area contributed by atoms with Gasteiger partial charge in [-0.2, -0.15) is 19.5 Å². The van der Waals surface area contributed by atoms with Crippen molar-refractivity contribution in [3.63, 3.8) is 0 Å². The molecule has 12 nitrogen and oxygen atoms in total. The molecule has 39 heavy (non-hydrogen) atoms. The summed E-state index contributed by atoms with van der Waals surface area (Å²) in [6.07, 6.45) is 7.72. The van der Waals surface area contributed by atoms with E-state index >= 15 is 0 Å². The van der Waals surface area contributed by atoms with Gasteiger partial charge in [0.1, 0.15) is 10.0 Å². The van der Waals surface area contributed by atoms with Crippen LogP contribution in [0.4, 0.5) is 11.9 Å². The highest BCUT2D eigenvalue weighted by Crippen LogP contribution is 2.29. The van der Waals surface area contributed by atoms with Crippen LogP contribution in [-0.2, 0) is 13.1 Å². The van der Waals surface area contributed by atoms with Crippen LogP contribution >= 0.6 is 22.7 Å². The standard InChI is InChI=1S/C25H29N11OS2/c26-23-30-24(31-25-29-22(32-36(23)25)19-2-1-9-37-19)35-8-7-34-13-17(3-4-18(34)14-35)12-33(15-20-27-5-10-38-20)16-21-28-6-11-39-21/h1-2,5-6,9-11,17-18H,3-4,7-8,12-16H2,(H2,26,29,30,31,32). The number of nitrogen functional groups attached to an aromatic ring is 1. The molecule has 2 fully saturated rings. The van der Waals surface area contributed by atoms with Crippen molar-refractivity contribution in [2.45, 2.75) is 32.0 Å². The Balaban J connectivity index is 1.01. The maximum absolute atomic E-state index is 6.25. The van der Waals surface area contributed by atoms with Crippen molar-refractivity contribution in [2.24, 2.45) is 5.92 Å². The van der Waals surface area contributed by atoms with Gasteiger partial charge in [-0.15, -0.1) is 27.8 Å². The molecule has 2 unspecified atom stereocenters. The Bertz CT molecular complexity index is 1470. The van der Waals surface area contributed by atoms with Gasteiger partial charge in [0, 0.05) is 61.9 Å². The molecule has 0 spiro atoms. The third-order valence-electron chi connectivity index (χ3n) is 7.45. The number of anilines is 2. The fourth-order valence-corrected chi connectivity index (χ4v) is 6.94. The van der Waals surface area contributed by atoms with E-state index in [9.17, 15) is 0 Å². The van der Waals surface area contributed by atoms with Gasteiger partial charge in [-0.3, -0.25) is 9.80 Å². The zero-order chi connectivity index (χ0) is 26.2. The molecule has 2 aliphatic rings. The third-order valence-corrected chi connectivity index (χ3v) is 8.98. The van der Waals surface area contributed by atoms with E-state index in [0.717, 1.165) is 62.2 Å². The maximum atomic E-state index is 6.25. The van der Waals surface area contributed by atoms with Crippen molar-refractivity contribution in [3.8, 4) is 11.6 Å². The average molecular weight is 564 g/mol. The molecule has 0 aliphatic carbocycles. The molecular weight excluding hydrogens is 534 g/mol. The Morgan fingerprint density at radius 2 is 1.82 bits per heavy atom. The van der Waals surface area contributed by atoms with Gasteiger partial charge in [0.15, 0.2) is 5.76 Å². The lowest BCUT2D eigenvalue weighted by molar-refractivity contribution is 0.0722. The van der Waals surface area contributed by atoms with E-state index < -0.39 is 0 Å². The average Bonchev–Trinajstić information content (AvgIpc) is 3.76. The summed E-state index contributed by atoms with van der Waals surface area (Å²) in [6.45, 7) is 6.59. The van der Waals surface area contributed by atoms with Crippen LogP contribution in [0.3, 0.4) is 0 Å². The number of aromatic nitrogens is 7. The topological polar surface area (TPSA) is 131 Å². The molecule has 5 aromatic heterocycles. The molecule has 7 rings (SSSR count). The highest BCUT2D eigenvalue weighted by molar-refractivity contribution is 7.09. The molecule has 7 heterocycles.